The van der Waals surface area contributed by atoms with E-state index in [1.807, 2.05) is 60.7 Å². The van der Waals surface area contributed by atoms with Crippen LogP contribution < -0.4 is 15.6 Å². The van der Waals surface area contributed by atoms with E-state index in [2.05, 4.69) is 10.7 Å². The number of amides is 5. The number of anilines is 2. The minimum absolute atomic E-state index is 0.149. The van der Waals surface area contributed by atoms with Crippen molar-refractivity contribution in [3.05, 3.63) is 96.2 Å². The first-order chi connectivity index (χ1) is 21.3. The van der Waals surface area contributed by atoms with Crippen molar-refractivity contribution in [2.75, 3.05) is 36.5 Å². The van der Waals surface area contributed by atoms with Crippen LogP contribution in [0.4, 0.5) is 21.0 Å². The molecule has 5 rings (SSSR count). The van der Waals surface area contributed by atoms with Crippen molar-refractivity contribution in [3.8, 4) is 0 Å². The van der Waals surface area contributed by atoms with Crippen molar-refractivity contribution < 1.29 is 23.9 Å². The molecule has 228 valence electrons. The number of esters is 1. The molecular formula is C33H35N5O5S. The number of hydrogen-bond donors (Lipinski definition) is 2. The Morgan fingerprint density at radius 1 is 0.955 bits per heavy atom. The minimum atomic E-state index is -0.653. The van der Waals surface area contributed by atoms with Crippen molar-refractivity contribution in [3.63, 3.8) is 0 Å². The Balaban J connectivity index is 1.41. The van der Waals surface area contributed by atoms with Crippen molar-refractivity contribution in [1.82, 2.24) is 15.3 Å². The van der Waals surface area contributed by atoms with Crippen LogP contribution in [0.25, 0.3) is 5.57 Å². The average molecular weight is 614 g/mol. The molecule has 3 aromatic carbocycles. The van der Waals surface area contributed by atoms with Gasteiger partial charge >= 0.3 is 18.0 Å². The predicted molar refractivity (Wildman–Crippen MR) is 171 cm³/mol. The zero-order valence-electron chi connectivity index (χ0n) is 24.7. The first-order valence-electron chi connectivity index (χ1n) is 14.6. The fourth-order valence-electron chi connectivity index (χ4n) is 5.13. The van der Waals surface area contributed by atoms with Crippen LogP contribution in [0.1, 0.15) is 37.8 Å². The Bertz CT molecular complexity index is 1560. The van der Waals surface area contributed by atoms with E-state index in [4.69, 9.17) is 4.74 Å². The van der Waals surface area contributed by atoms with Gasteiger partial charge in [-0.1, -0.05) is 54.6 Å². The minimum Gasteiger partial charge on any atom is -0.465 e. The summed E-state index contributed by atoms with van der Waals surface area (Å²) in [6.07, 6.45) is 3.46. The molecule has 1 fully saturated rings. The van der Waals surface area contributed by atoms with Crippen molar-refractivity contribution in [2.45, 2.75) is 36.8 Å². The molecule has 0 aliphatic carbocycles. The summed E-state index contributed by atoms with van der Waals surface area (Å²) in [6.45, 7) is 4.98. The van der Waals surface area contributed by atoms with Crippen LogP contribution >= 0.6 is 11.8 Å². The normalized spacial score (nSPS) is 15.2. The number of ether oxygens (including phenoxy) is 1. The fraction of sp³-hybridized carbons (Fsp3) is 0.273. The number of nitrogens with one attached hydrogen (secondary N) is 2. The Hall–Kier alpha value is -4.77. The van der Waals surface area contributed by atoms with E-state index in [0.717, 1.165) is 33.9 Å². The number of fused-ring (bicyclic) bond motifs is 1. The summed E-state index contributed by atoms with van der Waals surface area (Å²) < 4.78 is 5.09. The molecule has 2 aliphatic heterocycles. The van der Waals surface area contributed by atoms with Gasteiger partial charge in [0.2, 0.25) is 5.91 Å². The smallest absolute Gasteiger partial charge is 0.347 e. The lowest BCUT2D eigenvalue weighted by Crippen LogP contribution is -2.52. The molecule has 3 aromatic rings. The summed E-state index contributed by atoms with van der Waals surface area (Å²) in [5.41, 5.74) is 6.02. The second-order valence-corrected chi connectivity index (χ2v) is 11.8. The number of urea groups is 2. The number of carbonyl (C=O) groups is 4. The van der Waals surface area contributed by atoms with Crippen molar-refractivity contribution in [2.24, 2.45) is 0 Å². The molecule has 1 unspecified atom stereocenters. The molecule has 0 bridgehead atoms. The number of likely N-dealkylation sites (tertiary alicyclic amines) is 1. The highest BCUT2D eigenvalue weighted by Gasteiger charge is 2.33. The van der Waals surface area contributed by atoms with Gasteiger partial charge in [-0.05, 0) is 56.5 Å². The standard InChI is InChI=1S/C33H35N5O5S/c1-3-43-31(40)23(2)44-26-15-11-14-25(20-26)34-32(41)35-38-21-28(24-12-5-4-6-13-24)27-16-7-8-17-29(27)37(33(38)42)22-30(39)36-18-9-10-19-36/h4-8,11-17,20-21,23H,3,9-10,18-19,22H2,1-2H3,(H2,34,35,41). The highest BCUT2D eigenvalue weighted by atomic mass is 32.2. The van der Waals surface area contributed by atoms with E-state index in [9.17, 15) is 19.2 Å². The van der Waals surface area contributed by atoms with Crippen LogP contribution in [0.15, 0.2) is 90.0 Å². The molecule has 11 heteroatoms. The molecule has 1 atom stereocenters. The van der Waals surface area contributed by atoms with E-state index in [1.165, 1.54) is 16.7 Å². The molecule has 0 spiro atoms. The fourth-order valence-corrected chi connectivity index (χ4v) is 6.06. The lowest BCUT2D eigenvalue weighted by Gasteiger charge is -2.28. The van der Waals surface area contributed by atoms with Gasteiger partial charge in [0, 0.05) is 41.0 Å². The SMILES string of the molecule is CCOC(=O)C(C)Sc1cccc(NC(=O)NN2C=C(c3ccccc3)c3ccccc3N(CC(=O)N3CCCC3)C2=O)c1. The summed E-state index contributed by atoms with van der Waals surface area (Å²) in [6, 6.07) is 22.8. The first kappa shape index (κ1) is 30.7. The maximum absolute atomic E-state index is 14.1. The number of rotatable bonds is 9. The van der Waals surface area contributed by atoms with E-state index < -0.39 is 17.3 Å². The molecule has 44 heavy (non-hydrogen) atoms. The van der Waals surface area contributed by atoms with Crippen LogP contribution in [-0.4, -0.2) is 65.3 Å². The Labute approximate surface area is 261 Å². The number of carbonyl (C=O) groups excluding carboxylic acids is 4. The largest absolute Gasteiger partial charge is 0.465 e. The third-order valence-corrected chi connectivity index (χ3v) is 8.33. The third-order valence-electron chi connectivity index (χ3n) is 7.26. The van der Waals surface area contributed by atoms with Gasteiger partial charge in [0.1, 0.15) is 11.8 Å². The molecule has 2 heterocycles. The molecule has 10 nitrogen and oxygen atoms in total. The molecule has 2 N–H and O–H groups in total. The number of para-hydroxylation sites is 1. The Kier molecular flexibility index (Phi) is 9.86. The van der Waals surface area contributed by atoms with Gasteiger partial charge in [0.25, 0.3) is 0 Å². The summed E-state index contributed by atoms with van der Waals surface area (Å²) in [4.78, 5) is 56.6. The van der Waals surface area contributed by atoms with Crippen molar-refractivity contribution in [1.29, 1.82) is 0 Å². The molecule has 0 aromatic heterocycles. The highest BCUT2D eigenvalue weighted by Crippen LogP contribution is 2.35. The molecular weight excluding hydrogens is 578 g/mol. The number of thioether (sulfide) groups is 1. The summed E-state index contributed by atoms with van der Waals surface area (Å²) in [5, 5.41) is 3.47. The number of benzene rings is 3. The van der Waals surface area contributed by atoms with E-state index in [0.29, 0.717) is 36.6 Å². The quantitative estimate of drug-likeness (QED) is 0.236. The van der Waals surface area contributed by atoms with Crippen molar-refractivity contribution >= 4 is 52.6 Å². The Morgan fingerprint density at radius 2 is 1.68 bits per heavy atom. The second kappa shape index (κ2) is 14.1. The van der Waals surface area contributed by atoms with Crippen LogP contribution in [0.5, 0.6) is 0 Å². The summed E-state index contributed by atoms with van der Waals surface area (Å²) in [5.74, 6) is -0.465. The van der Waals surface area contributed by atoms with Gasteiger partial charge in [-0.25, -0.2) is 20.0 Å². The Morgan fingerprint density at radius 3 is 2.43 bits per heavy atom. The van der Waals surface area contributed by atoms with E-state index >= 15 is 0 Å². The summed E-state index contributed by atoms with van der Waals surface area (Å²) in [7, 11) is 0. The molecule has 0 radical (unpaired) electrons. The van der Waals surface area contributed by atoms with E-state index in [-0.39, 0.29) is 18.4 Å². The van der Waals surface area contributed by atoms with Crippen LogP contribution in [0.3, 0.4) is 0 Å². The average Bonchev–Trinajstić information content (AvgIpc) is 3.55. The third kappa shape index (κ3) is 7.23. The zero-order valence-corrected chi connectivity index (χ0v) is 25.5. The van der Waals surface area contributed by atoms with Crippen LogP contribution in [0.2, 0.25) is 0 Å². The summed E-state index contributed by atoms with van der Waals surface area (Å²) >= 11 is 1.32. The maximum Gasteiger partial charge on any atom is 0.347 e. The van der Waals surface area contributed by atoms with Gasteiger partial charge in [0.15, 0.2) is 0 Å². The lowest BCUT2D eigenvalue weighted by atomic mass is 9.97. The predicted octanol–water partition coefficient (Wildman–Crippen LogP) is 5.72. The first-order valence-corrected chi connectivity index (χ1v) is 15.5. The van der Waals surface area contributed by atoms with Gasteiger partial charge in [-0.3, -0.25) is 14.5 Å². The van der Waals surface area contributed by atoms with E-state index in [1.54, 1.807) is 43.1 Å². The van der Waals surface area contributed by atoms with Gasteiger partial charge < -0.3 is 15.0 Å². The number of nitrogens with zero attached hydrogens (tertiary/aromatic N) is 3. The van der Waals surface area contributed by atoms with Gasteiger partial charge in [-0.15, -0.1) is 11.8 Å². The topological polar surface area (TPSA) is 111 Å². The molecule has 2 aliphatic rings. The molecule has 0 saturated carbocycles. The lowest BCUT2D eigenvalue weighted by molar-refractivity contribution is -0.142. The van der Waals surface area contributed by atoms with Crippen LogP contribution in [-0.2, 0) is 14.3 Å². The van der Waals surface area contributed by atoms with Gasteiger partial charge in [-0.2, -0.15) is 0 Å². The highest BCUT2D eigenvalue weighted by molar-refractivity contribution is 8.00. The number of hydrazine groups is 1. The van der Waals surface area contributed by atoms with Gasteiger partial charge in [0.05, 0.1) is 12.3 Å². The van der Waals surface area contributed by atoms with Crippen LogP contribution in [0, 0.1) is 0 Å². The second-order valence-electron chi connectivity index (χ2n) is 10.4. The zero-order chi connectivity index (χ0) is 31.1. The number of hydrogen-bond acceptors (Lipinski definition) is 6. The molecule has 5 amide bonds. The maximum atomic E-state index is 14.1. The molecule has 1 saturated heterocycles. The monoisotopic (exact) mass is 613 g/mol.